The van der Waals surface area contributed by atoms with Gasteiger partial charge >= 0.3 is 0 Å². The van der Waals surface area contributed by atoms with E-state index in [9.17, 15) is 28.8 Å². The fourth-order valence-electron chi connectivity index (χ4n) is 8.52. The zero-order valence-electron chi connectivity index (χ0n) is 31.3. The maximum absolute atomic E-state index is 13.3. The molecule has 6 heterocycles. The number of imide groups is 2. The second kappa shape index (κ2) is 14.4. The van der Waals surface area contributed by atoms with E-state index in [1.165, 1.54) is 12.1 Å². The van der Waals surface area contributed by atoms with E-state index >= 15 is 0 Å². The van der Waals surface area contributed by atoms with E-state index < -0.39 is 29.7 Å². The van der Waals surface area contributed by atoms with Gasteiger partial charge < -0.3 is 18.9 Å². The maximum Gasteiger partial charge on any atom is 0.298 e. The normalized spacial score (nSPS) is 19.2. The minimum Gasteiger partial charge on any atom is -0.496 e. The molecule has 3 saturated heterocycles. The number of amides is 5. The summed E-state index contributed by atoms with van der Waals surface area (Å²) in [4.78, 5) is 85.5. The Balaban J connectivity index is 0.912. The molecule has 4 aliphatic rings. The number of fused-ring (bicyclic) bond motifs is 2. The van der Waals surface area contributed by atoms with Crippen molar-refractivity contribution in [3.8, 4) is 34.5 Å². The van der Waals surface area contributed by atoms with Crippen LogP contribution in [0.15, 0.2) is 59.8 Å². The van der Waals surface area contributed by atoms with Gasteiger partial charge in [0.15, 0.2) is 0 Å². The van der Waals surface area contributed by atoms with Crippen molar-refractivity contribution in [2.45, 2.75) is 44.7 Å². The lowest BCUT2D eigenvalue weighted by Crippen LogP contribution is -2.54. The molecule has 1 spiro atoms. The van der Waals surface area contributed by atoms with Crippen molar-refractivity contribution in [3.05, 3.63) is 87.6 Å². The first-order valence-electron chi connectivity index (χ1n) is 18.6. The Morgan fingerprint density at radius 1 is 0.911 bits per heavy atom. The number of methoxy groups -OCH3 is 2. The first kappa shape index (κ1) is 36.6. The molecule has 0 bridgehead atoms. The number of benzene rings is 2. The van der Waals surface area contributed by atoms with Crippen LogP contribution in [-0.2, 0) is 28.0 Å². The molecule has 0 saturated carbocycles. The van der Waals surface area contributed by atoms with Gasteiger partial charge in [0, 0.05) is 68.7 Å². The van der Waals surface area contributed by atoms with Crippen LogP contribution in [0.3, 0.4) is 0 Å². The van der Waals surface area contributed by atoms with Crippen LogP contribution in [0.1, 0.15) is 63.9 Å². The minimum atomic E-state index is -1.05. The van der Waals surface area contributed by atoms with E-state index in [1.54, 1.807) is 49.2 Å². The van der Waals surface area contributed by atoms with Crippen LogP contribution >= 0.6 is 0 Å². The van der Waals surface area contributed by atoms with E-state index in [2.05, 4.69) is 27.0 Å². The van der Waals surface area contributed by atoms with Crippen LogP contribution in [0.25, 0.3) is 21.9 Å². The number of nitrogens with zero attached hydrogens (tertiary/aromatic N) is 5. The van der Waals surface area contributed by atoms with Gasteiger partial charge in [-0.1, -0.05) is 5.92 Å². The number of hydrogen-bond acceptors (Lipinski definition) is 10. The van der Waals surface area contributed by atoms with Gasteiger partial charge in [-0.05, 0) is 91.5 Å². The molecule has 5 amide bonds. The van der Waals surface area contributed by atoms with Crippen LogP contribution in [0.4, 0.5) is 0 Å². The summed E-state index contributed by atoms with van der Waals surface area (Å²) in [7, 11) is 5.01. The van der Waals surface area contributed by atoms with Gasteiger partial charge in [-0.3, -0.25) is 48.9 Å². The van der Waals surface area contributed by atoms with Gasteiger partial charge in [-0.15, -0.1) is 0 Å². The van der Waals surface area contributed by atoms with Crippen molar-refractivity contribution in [2.24, 2.45) is 12.5 Å². The lowest BCUT2D eigenvalue weighted by atomic mass is 9.77. The number of pyridine rings is 2. The third kappa shape index (κ3) is 6.47. The molecule has 1 N–H and O–H groups in total. The summed E-state index contributed by atoms with van der Waals surface area (Å²) < 4.78 is 13.4. The fourth-order valence-corrected chi connectivity index (χ4v) is 8.52. The highest BCUT2D eigenvalue weighted by atomic mass is 16.5. The Hall–Kier alpha value is -6.33. The minimum absolute atomic E-state index is 0.00906. The summed E-state index contributed by atoms with van der Waals surface area (Å²) in [6, 6.07) is 9.31. The van der Waals surface area contributed by atoms with E-state index in [1.807, 2.05) is 24.4 Å². The lowest BCUT2D eigenvalue weighted by Gasteiger charge is -2.39. The Morgan fingerprint density at radius 2 is 1.62 bits per heavy atom. The molecular formula is C42H40N6O8. The topological polar surface area (TPSA) is 160 Å². The third-order valence-corrected chi connectivity index (χ3v) is 11.7. The number of nitrogens with one attached hydrogen (secondary N) is 1. The molecular weight excluding hydrogens is 716 g/mol. The van der Waals surface area contributed by atoms with Crippen molar-refractivity contribution in [3.63, 3.8) is 0 Å². The molecule has 1 atom stereocenters. The Bertz CT molecular complexity index is 2450. The van der Waals surface area contributed by atoms with Crippen LogP contribution in [0.5, 0.6) is 11.5 Å². The smallest absolute Gasteiger partial charge is 0.298 e. The predicted octanol–water partition coefficient (Wildman–Crippen LogP) is 2.89. The molecule has 56 heavy (non-hydrogen) atoms. The maximum atomic E-state index is 13.3. The van der Waals surface area contributed by atoms with Crippen molar-refractivity contribution in [2.75, 3.05) is 40.4 Å². The van der Waals surface area contributed by atoms with Gasteiger partial charge in [-0.2, -0.15) is 0 Å². The fraction of sp³-hybridized carbons (Fsp3) is 0.357. The Kier molecular flexibility index (Phi) is 9.41. The molecule has 3 fully saturated rings. The van der Waals surface area contributed by atoms with E-state index in [4.69, 9.17) is 9.47 Å². The summed E-state index contributed by atoms with van der Waals surface area (Å²) in [5.41, 5.74) is 3.23. The quantitative estimate of drug-likeness (QED) is 0.229. The number of piperidine rings is 2. The van der Waals surface area contributed by atoms with Gasteiger partial charge in [0.25, 0.3) is 23.3 Å². The van der Waals surface area contributed by atoms with Crippen LogP contribution in [-0.4, -0.2) is 100 Å². The molecule has 8 rings (SSSR count). The van der Waals surface area contributed by atoms with E-state index in [-0.39, 0.29) is 40.8 Å². The number of aromatic nitrogens is 2. The number of aryl methyl sites for hydroxylation is 1. The number of likely N-dealkylation sites (tertiary alicyclic amines) is 2. The molecule has 2 aromatic carbocycles. The van der Waals surface area contributed by atoms with Gasteiger partial charge in [0.1, 0.15) is 17.5 Å². The summed E-state index contributed by atoms with van der Waals surface area (Å²) in [5, 5.41) is 3.53. The molecule has 14 heteroatoms. The van der Waals surface area contributed by atoms with Crippen LogP contribution in [0, 0.1) is 17.3 Å². The highest BCUT2D eigenvalue weighted by Crippen LogP contribution is 2.43. The standard InChI is InChI=1S/C42H40N6O8/c1-45-22-31(27-10-14-43-21-30(27)39(45)52)26-19-34(55-2)32(35(20-26)56-3)23-46-15-11-42(12-16-46)13-17-47(24-42)37(50)9-5-25-4-6-28-29(18-25)41(54)48(40(28)53)33-7-8-36(49)44-38(33)51/h4,6,10,14,18-22,33H,7-8,11-13,15-17,23-24H2,1-3H3,(H,44,49,51). The van der Waals surface area contributed by atoms with Crippen molar-refractivity contribution in [1.29, 1.82) is 0 Å². The lowest BCUT2D eigenvalue weighted by molar-refractivity contribution is -0.136. The predicted molar refractivity (Wildman–Crippen MR) is 204 cm³/mol. The number of carbonyl (C=O) groups is 5. The zero-order valence-corrected chi connectivity index (χ0v) is 31.3. The number of carbonyl (C=O) groups excluding carboxylic acids is 5. The Morgan fingerprint density at radius 3 is 2.34 bits per heavy atom. The second-order valence-electron chi connectivity index (χ2n) is 14.9. The zero-order chi connectivity index (χ0) is 39.3. The summed E-state index contributed by atoms with van der Waals surface area (Å²) in [6.07, 6.45) is 7.90. The first-order valence-corrected chi connectivity index (χ1v) is 18.6. The molecule has 4 aliphatic heterocycles. The second-order valence-corrected chi connectivity index (χ2v) is 14.9. The van der Waals surface area contributed by atoms with Crippen molar-refractivity contribution < 1.29 is 33.4 Å². The molecule has 286 valence electrons. The summed E-state index contributed by atoms with van der Waals surface area (Å²) in [6.45, 7) is 3.49. The highest BCUT2D eigenvalue weighted by molar-refractivity contribution is 6.23. The monoisotopic (exact) mass is 756 g/mol. The van der Waals surface area contributed by atoms with Gasteiger partial charge in [0.2, 0.25) is 11.8 Å². The first-order chi connectivity index (χ1) is 27.0. The largest absolute Gasteiger partial charge is 0.496 e. The van der Waals surface area contributed by atoms with Gasteiger partial charge in [0.05, 0.1) is 36.3 Å². The number of ether oxygens (including phenoxy) is 2. The Labute approximate surface area is 322 Å². The SMILES string of the molecule is COc1cc(-c2cn(C)c(=O)c3cnccc23)cc(OC)c1CN1CCC2(CC1)CCN(C(=O)C#Cc1ccc3c(c1)C(=O)N(C1CCC(=O)NC1=O)C3=O)C2. The van der Waals surface area contributed by atoms with Crippen LogP contribution < -0.4 is 20.3 Å². The number of rotatable bonds is 6. The molecule has 1 unspecified atom stereocenters. The molecule has 14 nitrogen and oxygen atoms in total. The number of hydrogen-bond donors (Lipinski definition) is 1. The molecule has 0 radical (unpaired) electrons. The van der Waals surface area contributed by atoms with Crippen LogP contribution in [0.2, 0.25) is 0 Å². The van der Waals surface area contributed by atoms with Crippen molar-refractivity contribution in [1.82, 2.24) is 29.6 Å². The van der Waals surface area contributed by atoms with E-state index in [0.29, 0.717) is 42.1 Å². The molecule has 0 aliphatic carbocycles. The third-order valence-electron chi connectivity index (χ3n) is 11.7. The average molecular weight is 757 g/mol. The highest BCUT2D eigenvalue weighted by Gasteiger charge is 2.45. The molecule has 4 aromatic rings. The van der Waals surface area contributed by atoms with Gasteiger partial charge in [-0.25, -0.2) is 0 Å². The van der Waals surface area contributed by atoms with Crippen molar-refractivity contribution >= 4 is 40.3 Å². The summed E-state index contributed by atoms with van der Waals surface area (Å²) >= 11 is 0. The summed E-state index contributed by atoms with van der Waals surface area (Å²) in [5.74, 6) is 4.37. The van der Waals surface area contributed by atoms with E-state index in [0.717, 1.165) is 59.3 Å². The average Bonchev–Trinajstić information content (AvgIpc) is 3.73. The molecule has 2 aromatic heterocycles.